The molecule has 2 N–H and O–H groups in total. The number of H-pyrrole nitrogens is 1. The number of pyridine rings is 1. The summed E-state index contributed by atoms with van der Waals surface area (Å²) in [5.41, 5.74) is 3.07. The first kappa shape index (κ1) is 18.6. The molecule has 5 heterocycles. The number of hydrogen-bond acceptors (Lipinski definition) is 6. The van der Waals surface area contributed by atoms with E-state index in [9.17, 15) is 4.79 Å². The highest BCUT2D eigenvalue weighted by molar-refractivity contribution is 7.17. The lowest BCUT2D eigenvalue weighted by Crippen LogP contribution is -2.46. The van der Waals surface area contributed by atoms with Gasteiger partial charge in [0.15, 0.2) is 5.13 Å². The number of ether oxygens (including phenoxy) is 1. The quantitative estimate of drug-likeness (QED) is 0.693. The zero-order valence-electron chi connectivity index (χ0n) is 16.7. The highest BCUT2D eigenvalue weighted by Gasteiger charge is 2.33. The fourth-order valence-electron chi connectivity index (χ4n) is 4.19. The molecule has 152 valence electrons. The van der Waals surface area contributed by atoms with E-state index in [0.717, 1.165) is 46.1 Å². The van der Waals surface area contributed by atoms with Crippen molar-refractivity contribution in [3.05, 3.63) is 40.7 Å². The third kappa shape index (κ3) is 3.51. The molecule has 29 heavy (non-hydrogen) atoms. The van der Waals surface area contributed by atoms with Crippen LogP contribution in [0.4, 0.5) is 5.13 Å². The molecule has 3 aromatic rings. The Hall–Kier alpha value is -2.45. The van der Waals surface area contributed by atoms with Crippen LogP contribution in [0, 0.1) is 5.41 Å². The monoisotopic (exact) mass is 411 g/mol. The number of carbonyl (C=O) groups excluding carboxylic acids is 1. The third-order valence-electron chi connectivity index (χ3n) is 5.73. The van der Waals surface area contributed by atoms with Crippen LogP contribution < -0.4 is 10.2 Å². The van der Waals surface area contributed by atoms with Crippen LogP contribution in [0.1, 0.15) is 34.8 Å². The number of aromatic amines is 1. The van der Waals surface area contributed by atoms with E-state index in [1.54, 1.807) is 6.20 Å². The minimum atomic E-state index is 0.00170. The number of rotatable bonds is 3. The summed E-state index contributed by atoms with van der Waals surface area (Å²) >= 11 is 1.51. The SMILES string of the molecule is CC1(C)CNC(=O)c2sc(N3CCOCC3Cc3c[nH]c4ncccc34)nc2C1. The lowest BCUT2D eigenvalue weighted by Gasteiger charge is -2.35. The number of nitrogens with one attached hydrogen (secondary N) is 2. The van der Waals surface area contributed by atoms with Crippen molar-refractivity contribution in [1.29, 1.82) is 0 Å². The Labute approximate surface area is 173 Å². The number of nitrogens with zero attached hydrogens (tertiary/aromatic N) is 3. The third-order valence-corrected chi connectivity index (χ3v) is 6.86. The van der Waals surface area contributed by atoms with Crippen molar-refractivity contribution in [3.63, 3.8) is 0 Å². The zero-order valence-corrected chi connectivity index (χ0v) is 17.5. The molecule has 2 aliphatic heterocycles. The van der Waals surface area contributed by atoms with Gasteiger partial charge in [0.25, 0.3) is 5.91 Å². The molecule has 0 saturated carbocycles. The Morgan fingerprint density at radius 1 is 1.41 bits per heavy atom. The minimum absolute atomic E-state index is 0.00170. The highest BCUT2D eigenvalue weighted by atomic mass is 32.1. The molecule has 1 unspecified atom stereocenters. The Morgan fingerprint density at radius 3 is 3.21 bits per heavy atom. The van der Waals surface area contributed by atoms with Crippen LogP contribution in [0.3, 0.4) is 0 Å². The van der Waals surface area contributed by atoms with Crippen molar-refractivity contribution in [2.75, 3.05) is 31.2 Å². The molecule has 1 amide bonds. The standard InChI is InChI=1S/C21H25N5O2S/c1-21(2)9-16-17(19(27)24-12-21)29-20(25-16)26-6-7-28-11-14(26)8-13-10-23-18-15(13)4-3-5-22-18/h3-5,10,14H,6-9,11-12H2,1-2H3,(H,22,23)(H,24,27). The fourth-order valence-corrected chi connectivity index (χ4v) is 5.28. The molecule has 1 atom stereocenters. The molecule has 0 aliphatic carbocycles. The average molecular weight is 412 g/mol. The Bertz CT molecular complexity index is 1060. The van der Waals surface area contributed by atoms with Gasteiger partial charge in [-0.15, -0.1) is 0 Å². The summed E-state index contributed by atoms with van der Waals surface area (Å²) in [5.74, 6) is 0.00170. The van der Waals surface area contributed by atoms with Gasteiger partial charge >= 0.3 is 0 Å². The number of fused-ring (bicyclic) bond motifs is 2. The van der Waals surface area contributed by atoms with Crippen molar-refractivity contribution >= 4 is 33.4 Å². The predicted octanol–water partition coefficient (Wildman–Crippen LogP) is 2.78. The summed E-state index contributed by atoms with van der Waals surface area (Å²) in [6.07, 6.45) is 5.49. The summed E-state index contributed by atoms with van der Waals surface area (Å²) in [4.78, 5) is 28.2. The molecule has 8 heteroatoms. The molecule has 5 rings (SSSR count). The van der Waals surface area contributed by atoms with Gasteiger partial charge in [0.1, 0.15) is 10.5 Å². The number of amides is 1. The van der Waals surface area contributed by atoms with Gasteiger partial charge in [0, 0.05) is 30.9 Å². The molecular weight excluding hydrogens is 386 g/mol. The minimum Gasteiger partial charge on any atom is -0.377 e. The zero-order chi connectivity index (χ0) is 20.0. The van der Waals surface area contributed by atoms with Gasteiger partial charge < -0.3 is 19.9 Å². The molecule has 3 aromatic heterocycles. The Kier molecular flexibility index (Phi) is 4.55. The summed E-state index contributed by atoms with van der Waals surface area (Å²) in [7, 11) is 0. The van der Waals surface area contributed by atoms with Gasteiger partial charge in [0.05, 0.1) is 24.9 Å². The highest BCUT2D eigenvalue weighted by Crippen LogP contribution is 2.35. The number of hydrogen-bond donors (Lipinski definition) is 2. The van der Waals surface area contributed by atoms with Crippen molar-refractivity contribution in [2.45, 2.75) is 32.7 Å². The van der Waals surface area contributed by atoms with Crippen molar-refractivity contribution in [2.24, 2.45) is 5.41 Å². The summed E-state index contributed by atoms with van der Waals surface area (Å²) in [6, 6.07) is 4.24. The van der Waals surface area contributed by atoms with Crippen molar-refractivity contribution in [1.82, 2.24) is 20.3 Å². The maximum absolute atomic E-state index is 12.6. The molecule has 2 aliphatic rings. The van der Waals surface area contributed by atoms with Crippen molar-refractivity contribution in [3.8, 4) is 0 Å². The summed E-state index contributed by atoms with van der Waals surface area (Å²) in [6.45, 7) is 7.12. The average Bonchev–Trinajstić information content (AvgIpc) is 3.28. The van der Waals surface area contributed by atoms with E-state index in [4.69, 9.17) is 9.72 Å². The fraction of sp³-hybridized carbons (Fsp3) is 0.476. The Balaban J connectivity index is 1.45. The number of anilines is 1. The maximum Gasteiger partial charge on any atom is 0.263 e. The van der Waals surface area contributed by atoms with E-state index in [1.165, 1.54) is 16.9 Å². The molecular formula is C21H25N5O2S. The van der Waals surface area contributed by atoms with Crippen molar-refractivity contribution < 1.29 is 9.53 Å². The number of carbonyl (C=O) groups is 1. The van der Waals surface area contributed by atoms with E-state index in [2.05, 4.69) is 40.1 Å². The van der Waals surface area contributed by atoms with Gasteiger partial charge in [-0.2, -0.15) is 0 Å². The maximum atomic E-state index is 12.6. The molecule has 1 fully saturated rings. The normalized spacial score (nSPS) is 21.7. The summed E-state index contributed by atoms with van der Waals surface area (Å²) in [5, 5.41) is 5.12. The van der Waals surface area contributed by atoms with Crippen LogP contribution in [0.15, 0.2) is 24.5 Å². The number of aromatic nitrogens is 3. The molecule has 1 saturated heterocycles. The largest absolute Gasteiger partial charge is 0.377 e. The molecule has 0 radical (unpaired) electrons. The van der Waals surface area contributed by atoms with E-state index in [1.807, 2.05) is 12.3 Å². The first-order chi connectivity index (χ1) is 14.0. The van der Waals surface area contributed by atoms with Gasteiger partial charge in [0.2, 0.25) is 0 Å². The first-order valence-electron chi connectivity index (χ1n) is 10.0. The molecule has 0 spiro atoms. The van der Waals surface area contributed by atoms with Crippen LogP contribution >= 0.6 is 11.3 Å². The van der Waals surface area contributed by atoms with Gasteiger partial charge in [-0.25, -0.2) is 9.97 Å². The lowest BCUT2D eigenvalue weighted by molar-refractivity contribution is 0.0941. The number of thiazole rings is 1. The van der Waals surface area contributed by atoms with E-state index in [0.29, 0.717) is 19.8 Å². The van der Waals surface area contributed by atoms with Crippen LogP contribution in [0.5, 0.6) is 0 Å². The van der Waals surface area contributed by atoms with Gasteiger partial charge in [-0.1, -0.05) is 25.2 Å². The first-order valence-corrected chi connectivity index (χ1v) is 10.9. The topological polar surface area (TPSA) is 83.1 Å². The smallest absolute Gasteiger partial charge is 0.263 e. The van der Waals surface area contributed by atoms with Crippen LogP contribution in [-0.4, -0.2) is 53.2 Å². The van der Waals surface area contributed by atoms with Crippen LogP contribution in [-0.2, 0) is 17.6 Å². The van der Waals surface area contributed by atoms with E-state index in [-0.39, 0.29) is 17.4 Å². The molecule has 0 aromatic carbocycles. The van der Waals surface area contributed by atoms with Gasteiger partial charge in [-0.05, 0) is 36.0 Å². The molecule has 7 nitrogen and oxygen atoms in total. The predicted molar refractivity (Wildman–Crippen MR) is 114 cm³/mol. The second-order valence-electron chi connectivity index (χ2n) is 8.64. The van der Waals surface area contributed by atoms with Gasteiger partial charge in [-0.3, -0.25) is 4.79 Å². The second-order valence-corrected chi connectivity index (χ2v) is 9.61. The van der Waals surface area contributed by atoms with E-state index >= 15 is 0 Å². The van der Waals surface area contributed by atoms with Crippen LogP contribution in [0.25, 0.3) is 11.0 Å². The van der Waals surface area contributed by atoms with E-state index < -0.39 is 0 Å². The Morgan fingerprint density at radius 2 is 2.31 bits per heavy atom. The number of morpholine rings is 1. The second kappa shape index (κ2) is 7.11. The lowest BCUT2D eigenvalue weighted by atomic mass is 9.88. The molecule has 0 bridgehead atoms. The summed E-state index contributed by atoms with van der Waals surface area (Å²) < 4.78 is 5.80. The van der Waals surface area contributed by atoms with Crippen LogP contribution in [0.2, 0.25) is 0 Å².